The summed E-state index contributed by atoms with van der Waals surface area (Å²) in [7, 11) is 0. The number of hydrogen-bond donors (Lipinski definition) is 2. The van der Waals surface area contributed by atoms with E-state index in [9.17, 15) is 26.3 Å². The molecule has 0 unspecified atom stereocenters. The van der Waals surface area contributed by atoms with Gasteiger partial charge in [0, 0.05) is 17.7 Å². The predicted molar refractivity (Wildman–Crippen MR) is 108 cm³/mol. The SMILES string of the molecule is CC(C)Nc1nc(Nc2ccccc2C(F)(F)F)cc(-c2cccc(OC(F)(F)F)c2)n1. The van der Waals surface area contributed by atoms with Crippen LogP contribution in [-0.4, -0.2) is 22.4 Å². The molecule has 32 heavy (non-hydrogen) atoms. The van der Waals surface area contributed by atoms with Gasteiger partial charge in [-0.15, -0.1) is 13.2 Å². The molecule has 2 aromatic carbocycles. The van der Waals surface area contributed by atoms with Crippen molar-refractivity contribution >= 4 is 17.5 Å². The monoisotopic (exact) mass is 456 g/mol. The minimum absolute atomic E-state index is 0.0250. The van der Waals surface area contributed by atoms with E-state index in [1.165, 1.54) is 36.4 Å². The van der Waals surface area contributed by atoms with Crippen molar-refractivity contribution in [3.05, 3.63) is 60.2 Å². The predicted octanol–water partition coefficient (Wildman–Crippen LogP) is 6.62. The average Bonchev–Trinajstić information content (AvgIpc) is 2.66. The summed E-state index contributed by atoms with van der Waals surface area (Å²) in [5.74, 6) is -0.340. The van der Waals surface area contributed by atoms with Crippen LogP contribution in [0.2, 0.25) is 0 Å². The molecular weight excluding hydrogens is 438 g/mol. The minimum Gasteiger partial charge on any atom is -0.406 e. The van der Waals surface area contributed by atoms with E-state index >= 15 is 0 Å². The number of nitrogens with one attached hydrogen (secondary N) is 2. The Balaban J connectivity index is 2.03. The Bertz CT molecular complexity index is 1080. The van der Waals surface area contributed by atoms with Gasteiger partial charge < -0.3 is 15.4 Å². The molecule has 5 nitrogen and oxygen atoms in total. The van der Waals surface area contributed by atoms with Crippen LogP contribution in [0, 0.1) is 0 Å². The van der Waals surface area contributed by atoms with Gasteiger partial charge in [0.2, 0.25) is 5.95 Å². The first-order chi connectivity index (χ1) is 14.9. The largest absolute Gasteiger partial charge is 0.573 e. The molecule has 0 saturated heterocycles. The Hall–Kier alpha value is -3.50. The van der Waals surface area contributed by atoms with Gasteiger partial charge in [0.1, 0.15) is 11.6 Å². The van der Waals surface area contributed by atoms with Crippen LogP contribution in [0.3, 0.4) is 0 Å². The normalized spacial score (nSPS) is 12.0. The number of alkyl halides is 6. The van der Waals surface area contributed by atoms with Gasteiger partial charge in [0.05, 0.1) is 16.9 Å². The molecule has 0 spiro atoms. The van der Waals surface area contributed by atoms with E-state index in [0.29, 0.717) is 0 Å². The van der Waals surface area contributed by atoms with Crippen LogP contribution in [0.5, 0.6) is 5.75 Å². The first-order valence-corrected chi connectivity index (χ1v) is 9.36. The maximum atomic E-state index is 13.3. The number of anilines is 3. The average molecular weight is 456 g/mol. The van der Waals surface area contributed by atoms with Gasteiger partial charge in [0.25, 0.3) is 0 Å². The first kappa shape index (κ1) is 23.2. The fraction of sp³-hybridized carbons (Fsp3) is 0.238. The second-order valence-electron chi connectivity index (χ2n) is 7.01. The molecule has 0 atom stereocenters. The van der Waals surface area contributed by atoms with Crippen LogP contribution in [0.4, 0.5) is 43.8 Å². The lowest BCUT2D eigenvalue weighted by molar-refractivity contribution is -0.274. The van der Waals surface area contributed by atoms with E-state index < -0.39 is 23.9 Å². The molecule has 2 N–H and O–H groups in total. The molecule has 0 aliphatic heterocycles. The van der Waals surface area contributed by atoms with Gasteiger partial charge in [-0.25, -0.2) is 4.98 Å². The van der Waals surface area contributed by atoms with Crippen molar-refractivity contribution in [1.82, 2.24) is 9.97 Å². The van der Waals surface area contributed by atoms with Gasteiger partial charge in [-0.1, -0.05) is 24.3 Å². The number of ether oxygens (including phenoxy) is 1. The van der Waals surface area contributed by atoms with Crippen molar-refractivity contribution < 1.29 is 31.1 Å². The number of halogens is 6. The molecule has 3 aromatic rings. The molecule has 0 fully saturated rings. The van der Waals surface area contributed by atoms with Crippen molar-refractivity contribution in [1.29, 1.82) is 0 Å². The van der Waals surface area contributed by atoms with Gasteiger partial charge in [-0.3, -0.25) is 0 Å². The molecule has 1 aromatic heterocycles. The van der Waals surface area contributed by atoms with Crippen LogP contribution in [0.25, 0.3) is 11.3 Å². The molecule has 1 heterocycles. The molecule has 3 rings (SSSR count). The van der Waals surface area contributed by atoms with Crippen LogP contribution < -0.4 is 15.4 Å². The quantitative estimate of drug-likeness (QED) is 0.408. The third kappa shape index (κ3) is 6.25. The highest BCUT2D eigenvalue weighted by Gasteiger charge is 2.33. The van der Waals surface area contributed by atoms with Crippen molar-refractivity contribution in [2.24, 2.45) is 0 Å². The fourth-order valence-corrected chi connectivity index (χ4v) is 2.81. The summed E-state index contributed by atoms with van der Waals surface area (Å²) >= 11 is 0. The van der Waals surface area contributed by atoms with Gasteiger partial charge >= 0.3 is 12.5 Å². The number of nitrogens with zero attached hydrogens (tertiary/aromatic N) is 2. The van der Waals surface area contributed by atoms with Crippen LogP contribution >= 0.6 is 0 Å². The summed E-state index contributed by atoms with van der Waals surface area (Å²) in [5.41, 5.74) is -0.677. The van der Waals surface area contributed by atoms with Gasteiger partial charge in [-0.2, -0.15) is 18.2 Å². The number of hydrogen-bond acceptors (Lipinski definition) is 5. The van der Waals surface area contributed by atoms with E-state index in [1.54, 1.807) is 13.8 Å². The molecule has 170 valence electrons. The van der Waals surface area contributed by atoms with Crippen LogP contribution in [-0.2, 0) is 6.18 Å². The zero-order valence-electron chi connectivity index (χ0n) is 16.8. The molecule has 0 aliphatic carbocycles. The second-order valence-corrected chi connectivity index (χ2v) is 7.01. The van der Waals surface area contributed by atoms with Crippen molar-refractivity contribution in [2.45, 2.75) is 32.4 Å². The lowest BCUT2D eigenvalue weighted by Crippen LogP contribution is -2.17. The summed E-state index contributed by atoms with van der Waals surface area (Å²) in [5, 5.41) is 5.58. The molecular formula is C21H18F6N4O. The smallest absolute Gasteiger partial charge is 0.406 e. The second kappa shape index (κ2) is 8.93. The summed E-state index contributed by atoms with van der Waals surface area (Å²) in [6.45, 7) is 3.61. The summed E-state index contributed by atoms with van der Waals surface area (Å²) < 4.78 is 81.6. The van der Waals surface area contributed by atoms with E-state index in [2.05, 4.69) is 25.3 Å². The minimum atomic E-state index is -4.87. The molecule has 11 heteroatoms. The maximum Gasteiger partial charge on any atom is 0.573 e. The topological polar surface area (TPSA) is 59.1 Å². The van der Waals surface area contributed by atoms with E-state index in [-0.39, 0.29) is 34.8 Å². The molecule has 0 saturated carbocycles. The van der Waals surface area contributed by atoms with E-state index in [0.717, 1.165) is 18.2 Å². The van der Waals surface area contributed by atoms with Crippen LogP contribution in [0.15, 0.2) is 54.6 Å². The maximum absolute atomic E-state index is 13.3. The van der Waals surface area contributed by atoms with E-state index in [1.807, 2.05) is 0 Å². The van der Waals surface area contributed by atoms with Gasteiger partial charge in [0.15, 0.2) is 0 Å². The van der Waals surface area contributed by atoms with Crippen molar-refractivity contribution in [3.8, 4) is 17.0 Å². The highest BCUT2D eigenvalue weighted by molar-refractivity contribution is 5.69. The third-order valence-electron chi connectivity index (χ3n) is 4.00. The number of para-hydroxylation sites is 1. The summed E-state index contributed by atoms with van der Waals surface area (Å²) in [4.78, 5) is 8.46. The Morgan fingerprint density at radius 1 is 0.875 bits per heavy atom. The summed E-state index contributed by atoms with van der Waals surface area (Å²) in [6.07, 6.45) is -9.47. The highest BCUT2D eigenvalue weighted by atomic mass is 19.4. The fourth-order valence-electron chi connectivity index (χ4n) is 2.81. The molecule has 0 bridgehead atoms. The molecule has 0 radical (unpaired) electrons. The molecule has 0 aliphatic rings. The van der Waals surface area contributed by atoms with Gasteiger partial charge in [-0.05, 0) is 38.1 Å². The lowest BCUT2D eigenvalue weighted by atomic mass is 10.1. The Labute approximate surface area is 179 Å². The highest BCUT2D eigenvalue weighted by Crippen LogP contribution is 2.36. The van der Waals surface area contributed by atoms with E-state index in [4.69, 9.17) is 0 Å². The number of rotatable bonds is 6. The standard InChI is InChI=1S/C21H18F6N4O/c1-12(2)28-19-30-17(13-6-5-7-14(10-13)32-21(25,26)27)11-18(31-19)29-16-9-4-3-8-15(16)20(22,23)24/h3-12H,1-2H3,(H2,28,29,30,31). The Morgan fingerprint density at radius 2 is 1.59 bits per heavy atom. The molecule has 0 amide bonds. The Kier molecular flexibility index (Phi) is 6.47. The summed E-state index contributed by atoms with van der Waals surface area (Å²) in [6, 6.07) is 11.2. The zero-order chi connectivity index (χ0) is 23.5. The Morgan fingerprint density at radius 3 is 2.25 bits per heavy atom. The van der Waals surface area contributed by atoms with Crippen LogP contribution in [0.1, 0.15) is 19.4 Å². The van der Waals surface area contributed by atoms with Crippen molar-refractivity contribution in [2.75, 3.05) is 10.6 Å². The number of aromatic nitrogens is 2. The number of benzene rings is 2. The first-order valence-electron chi connectivity index (χ1n) is 9.36. The lowest BCUT2D eigenvalue weighted by Gasteiger charge is -2.16. The third-order valence-corrected chi connectivity index (χ3v) is 4.00. The zero-order valence-corrected chi connectivity index (χ0v) is 16.8. The van der Waals surface area contributed by atoms with Crippen molar-refractivity contribution in [3.63, 3.8) is 0 Å².